The maximum Gasteiger partial charge on any atom is 0.222 e. The van der Waals surface area contributed by atoms with Crippen LogP contribution in [0.5, 0.6) is 5.88 Å². The number of unbranched alkanes of at least 4 members (excludes halogenated alkanes) is 3. The summed E-state index contributed by atoms with van der Waals surface area (Å²) in [6, 6.07) is 0. The Morgan fingerprint density at radius 1 is 1.15 bits per heavy atom. The third-order valence-electron chi connectivity index (χ3n) is 3.48. The van der Waals surface area contributed by atoms with Gasteiger partial charge in [-0.3, -0.25) is 0 Å². The van der Waals surface area contributed by atoms with Crippen LogP contribution in [0.4, 0.5) is 5.82 Å². The Labute approximate surface area is 123 Å². The Morgan fingerprint density at radius 3 is 2.50 bits per heavy atom. The van der Waals surface area contributed by atoms with E-state index in [1.54, 1.807) is 0 Å². The molecule has 1 N–H and O–H groups in total. The van der Waals surface area contributed by atoms with Gasteiger partial charge in [-0.05, 0) is 26.7 Å². The first-order chi connectivity index (χ1) is 9.62. The lowest BCUT2D eigenvalue weighted by molar-refractivity contribution is 0.196. The summed E-state index contributed by atoms with van der Waals surface area (Å²) in [6.45, 7) is 8.42. The van der Waals surface area contributed by atoms with E-state index in [-0.39, 0.29) is 6.10 Å². The molecule has 0 aliphatic heterocycles. The number of aromatic nitrogens is 2. The van der Waals surface area contributed by atoms with Gasteiger partial charge < -0.3 is 10.1 Å². The molecular weight excluding hydrogens is 250 g/mol. The second-order valence-electron chi connectivity index (χ2n) is 5.30. The van der Waals surface area contributed by atoms with Gasteiger partial charge in [0.1, 0.15) is 11.6 Å². The molecule has 1 aromatic heterocycles. The zero-order valence-corrected chi connectivity index (χ0v) is 13.6. The summed E-state index contributed by atoms with van der Waals surface area (Å²) in [5.41, 5.74) is 0.991. The summed E-state index contributed by atoms with van der Waals surface area (Å²) in [5.74, 6) is 2.42. The third-order valence-corrected chi connectivity index (χ3v) is 3.48. The number of hydrogen-bond acceptors (Lipinski definition) is 4. The molecule has 0 fully saturated rings. The number of hydrogen-bond donors (Lipinski definition) is 1. The molecular formula is C16H29N3O. The number of ether oxygens (including phenoxy) is 1. The molecule has 0 amide bonds. The van der Waals surface area contributed by atoms with E-state index < -0.39 is 0 Å². The first-order valence-electron chi connectivity index (χ1n) is 7.84. The lowest BCUT2D eigenvalue weighted by Crippen LogP contribution is -2.15. The van der Waals surface area contributed by atoms with E-state index in [0.717, 1.165) is 35.9 Å². The number of rotatable bonds is 9. The van der Waals surface area contributed by atoms with Gasteiger partial charge >= 0.3 is 0 Å². The Kier molecular flexibility index (Phi) is 7.34. The molecule has 0 aliphatic rings. The predicted molar refractivity (Wildman–Crippen MR) is 84.5 cm³/mol. The highest BCUT2D eigenvalue weighted by atomic mass is 16.5. The zero-order valence-electron chi connectivity index (χ0n) is 13.6. The van der Waals surface area contributed by atoms with Gasteiger partial charge in [-0.2, -0.15) is 4.98 Å². The Morgan fingerprint density at radius 2 is 1.90 bits per heavy atom. The van der Waals surface area contributed by atoms with Crippen LogP contribution in [0.1, 0.15) is 64.3 Å². The molecule has 1 aromatic rings. The minimum absolute atomic E-state index is 0.204. The molecule has 4 nitrogen and oxygen atoms in total. The van der Waals surface area contributed by atoms with Crippen LogP contribution in [0, 0.1) is 6.92 Å². The standard InChI is InChI=1S/C16H29N3O/c1-6-8-9-10-11-12(3)20-16-13(4)15(17-5)18-14(7-2)19-16/h12H,6-11H2,1-5H3,(H,17,18,19). The summed E-state index contributed by atoms with van der Waals surface area (Å²) in [4.78, 5) is 8.97. The summed E-state index contributed by atoms with van der Waals surface area (Å²) in [7, 11) is 1.88. The van der Waals surface area contributed by atoms with Crippen molar-refractivity contribution in [3.8, 4) is 5.88 Å². The van der Waals surface area contributed by atoms with Crippen molar-refractivity contribution >= 4 is 5.82 Å². The van der Waals surface area contributed by atoms with Gasteiger partial charge in [0.25, 0.3) is 0 Å². The lowest BCUT2D eigenvalue weighted by Gasteiger charge is -2.17. The molecule has 20 heavy (non-hydrogen) atoms. The molecule has 0 radical (unpaired) electrons. The average Bonchev–Trinajstić information content (AvgIpc) is 2.45. The van der Waals surface area contributed by atoms with Crippen LogP contribution < -0.4 is 10.1 Å². The molecule has 0 saturated carbocycles. The van der Waals surface area contributed by atoms with Crippen molar-refractivity contribution in [2.24, 2.45) is 0 Å². The van der Waals surface area contributed by atoms with E-state index in [1.165, 1.54) is 25.7 Å². The highest BCUT2D eigenvalue weighted by Gasteiger charge is 2.13. The molecule has 0 bridgehead atoms. The summed E-state index contributed by atoms with van der Waals surface area (Å²) in [5, 5.41) is 3.11. The van der Waals surface area contributed by atoms with Crippen LogP contribution in [0.3, 0.4) is 0 Å². The predicted octanol–water partition coefficient (Wildman–Crippen LogP) is 4.13. The van der Waals surface area contributed by atoms with Crippen molar-refractivity contribution in [3.63, 3.8) is 0 Å². The largest absolute Gasteiger partial charge is 0.474 e. The van der Waals surface area contributed by atoms with Crippen molar-refractivity contribution in [3.05, 3.63) is 11.4 Å². The average molecular weight is 279 g/mol. The molecule has 0 aliphatic carbocycles. The number of aryl methyl sites for hydroxylation is 1. The fourth-order valence-electron chi connectivity index (χ4n) is 2.16. The van der Waals surface area contributed by atoms with Crippen molar-refractivity contribution in [1.82, 2.24) is 9.97 Å². The summed E-state index contributed by atoms with van der Waals surface area (Å²) >= 11 is 0. The fourth-order valence-corrected chi connectivity index (χ4v) is 2.16. The highest BCUT2D eigenvalue weighted by Crippen LogP contribution is 2.23. The SMILES string of the molecule is CCCCCCC(C)Oc1nc(CC)nc(NC)c1C. The summed E-state index contributed by atoms with van der Waals surface area (Å²) in [6.07, 6.45) is 7.19. The van der Waals surface area contributed by atoms with Gasteiger partial charge in [-0.15, -0.1) is 0 Å². The maximum atomic E-state index is 6.02. The van der Waals surface area contributed by atoms with Crippen LogP contribution in [-0.2, 0) is 6.42 Å². The molecule has 114 valence electrons. The second kappa shape index (κ2) is 8.77. The zero-order chi connectivity index (χ0) is 15.0. The first-order valence-corrected chi connectivity index (χ1v) is 7.84. The van der Waals surface area contributed by atoms with E-state index in [0.29, 0.717) is 0 Å². The molecule has 1 unspecified atom stereocenters. The molecule has 0 spiro atoms. The van der Waals surface area contributed by atoms with Gasteiger partial charge in [0.2, 0.25) is 5.88 Å². The minimum Gasteiger partial charge on any atom is -0.474 e. The number of anilines is 1. The smallest absolute Gasteiger partial charge is 0.222 e. The fraction of sp³-hybridized carbons (Fsp3) is 0.750. The monoisotopic (exact) mass is 279 g/mol. The normalized spacial score (nSPS) is 12.2. The second-order valence-corrected chi connectivity index (χ2v) is 5.30. The molecule has 1 atom stereocenters. The van der Waals surface area contributed by atoms with Crippen LogP contribution in [0.25, 0.3) is 0 Å². The topological polar surface area (TPSA) is 47.0 Å². The lowest BCUT2D eigenvalue weighted by atomic mass is 10.1. The van der Waals surface area contributed by atoms with Gasteiger partial charge in [0, 0.05) is 13.5 Å². The quantitative estimate of drug-likeness (QED) is 0.690. The van der Waals surface area contributed by atoms with E-state index in [1.807, 2.05) is 14.0 Å². The van der Waals surface area contributed by atoms with Crippen LogP contribution in [-0.4, -0.2) is 23.1 Å². The van der Waals surface area contributed by atoms with Crippen molar-refractivity contribution in [2.45, 2.75) is 72.3 Å². The van der Waals surface area contributed by atoms with Gasteiger partial charge in [0.05, 0.1) is 11.7 Å². The van der Waals surface area contributed by atoms with E-state index >= 15 is 0 Å². The van der Waals surface area contributed by atoms with Crippen molar-refractivity contribution < 1.29 is 4.74 Å². The van der Waals surface area contributed by atoms with Crippen molar-refractivity contribution in [1.29, 1.82) is 0 Å². The number of nitrogens with zero attached hydrogens (tertiary/aromatic N) is 2. The van der Waals surface area contributed by atoms with Crippen molar-refractivity contribution in [2.75, 3.05) is 12.4 Å². The third kappa shape index (κ3) is 4.99. The highest BCUT2D eigenvalue weighted by molar-refractivity contribution is 5.48. The Hall–Kier alpha value is -1.32. The molecule has 0 saturated heterocycles. The molecule has 1 heterocycles. The van der Waals surface area contributed by atoms with Crippen LogP contribution in [0.2, 0.25) is 0 Å². The van der Waals surface area contributed by atoms with Gasteiger partial charge in [0.15, 0.2) is 0 Å². The van der Waals surface area contributed by atoms with Gasteiger partial charge in [-0.25, -0.2) is 4.98 Å². The Balaban J connectivity index is 2.65. The summed E-state index contributed by atoms with van der Waals surface area (Å²) < 4.78 is 6.02. The van der Waals surface area contributed by atoms with E-state index in [9.17, 15) is 0 Å². The molecule has 4 heteroatoms. The first kappa shape index (κ1) is 16.7. The van der Waals surface area contributed by atoms with E-state index in [4.69, 9.17) is 4.74 Å². The maximum absolute atomic E-state index is 6.02. The minimum atomic E-state index is 0.204. The number of nitrogens with one attached hydrogen (secondary N) is 1. The van der Waals surface area contributed by atoms with E-state index in [2.05, 4.69) is 36.1 Å². The Bertz CT molecular complexity index is 407. The van der Waals surface area contributed by atoms with Crippen LogP contribution >= 0.6 is 0 Å². The van der Waals surface area contributed by atoms with Gasteiger partial charge in [-0.1, -0.05) is 33.1 Å². The molecule has 1 rings (SSSR count). The molecule has 0 aromatic carbocycles. The van der Waals surface area contributed by atoms with Crippen LogP contribution in [0.15, 0.2) is 0 Å².